The van der Waals surface area contributed by atoms with Gasteiger partial charge in [0.05, 0.1) is 28.5 Å². The number of benzene rings is 3. The number of carbonyl (C=O) groups is 1. The van der Waals surface area contributed by atoms with E-state index in [-0.39, 0.29) is 12.2 Å². The molecule has 4 aromatic rings. The predicted molar refractivity (Wildman–Crippen MR) is 159 cm³/mol. The fraction of sp³-hybridized carbons (Fsp3) is 0.219. The van der Waals surface area contributed by atoms with Crippen LogP contribution in [0.2, 0.25) is 5.02 Å². The van der Waals surface area contributed by atoms with E-state index in [0.29, 0.717) is 32.2 Å². The molecule has 1 atom stereocenters. The Hall–Kier alpha value is -3.94. The number of aromatic nitrogens is 1. The van der Waals surface area contributed by atoms with Crippen molar-refractivity contribution in [2.24, 2.45) is 4.99 Å². The predicted octanol–water partition coefficient (Wildman–Crippen LogP) is 5.65. The van der Waals surface area contributed by atoms with Crippen LogP contribution in [-0.4, -0.2) is 17.1 Å². The topological polar surface area (TPSA) is 69.9 Å². The molecule has 0 spiro atoms. The minimum absolute atomic E-state index is 0.203. The zero-order valence-corrected chi connectivity index (χ0v) is 24.3. The van der Waals surface area contributed by atoms with Crippen LogP contribution in [0.1, 0.15) is 47.7 Å². The molecule has 1 aromatic heterocycles. The molecular weight excluding hydrogens is 544 g/mol. The summed E-state index contributed by atoms with van der Waals surface area (Å²) in [5, 5.41) is 0.688. The van der Waals surface area contributed by atoms with Gasteiger partial charge in [-0.15, -0.1) is 0 Å². The van der Waals surface area contributed by atoms with Crippen LogP contribution in [0.15, 0.2) is 87.8 Å². The Bertz CT molecular complexity index is 1760. The van der Waals surface area contributed by atoms with E-state index < -0.39 is 12.0 Å². The van der Waals surface area contributed by atoms with Crippen molar-refractivity contribution in [3.8, 4) is 5.75 Å². The summed E-state index contributed by atoms with van der Waals surface area (Å²) < 4.78 is 13.6. The lowest BCUT2D eigenvalue weighted by atomic mass is 9.96. The molecule has 0 bridgehead atoms. The quantitative estimate of drug-likeness (QED) is 0.268. The number of halogens is 1. The molecule has 2 heterocycles. The second-order valence-electron chi connectivity index (χ2n) is 9.61. The fourth-order valence-corrected chi connectivity index (χ4v) is 6.10. The van der Waals surface area contributed by atoms with Crippen LogP contribution in [0.4, 0.5) is 0 Å². The SMILES string of the molecule is CCOC(=O)C1=C(C)N=c2s/c(=C\c3cc(C)c(OCc4ccc(Cl)cc4)c(C)c3)c(=O)n2[C@H]1c1ccccc1. The number of thiazole rings is 1. The molecule has 0 fully saturated rings. The van der Waals surface area contributed by atoms with Crippen LogP contribution in [-0.2, 0) is 16.1 Å². The molecule has 0 radical (unpaired) electrons. The standard InChI is InChI=1S/C32H29ClN2O4S/c1-5-38-31(37)27-21(4)34-32-35(28(27)24-9-7-6-8-10-24)30(36)26(40-32)17-23-15-19(2)29(20(3)16-23)39-18-22-11-13-25(33)14-12-22/h6-17,28H,5,18H2,1-4H3/b26-17-/t28-/m0/s1. The van der Waals surface area contributed by atoms with E-state index in [1.54, 1.807) is 18.4 Å². The van der Waals surface area contributed by atoms with Gasteiger partial charge in [-0.3, -0.25) is 9.36 Å². The molecule has 0 saturated heterocycles. The van der Waals surface area contributed by atoms with Crippen LogP contribution in [0, 0.1) is 13.8 Å². The van der Waals surface area contributed by atoms with Crippen molar-refractivity contribution in [1.29, 1.82) is 0 Å². The zero-order valence-electron chi connectivity index (χ0n) is 22.7. The summed E-state index contributed by atoms with van der Waals surface area (Å²) in [7, 11) is 0. The van der Waals surface area contributed by atoms with Crippen molar-refractivity contribution in [2.45, 2.75) is 40.3 Å². The highest BCUT2D eigenvalue weighted by Crippen LogP contribution is 2.31. The number of nitrogens with zero attached hydrogens (tertiary/aromatic N) is 2. The monoisotopic (exact) mass is 572 g/mol. The first-order chi connectivity index (χ1) is 19.3. The molecule has 204 valence electrons. The summed E-state index contributed by atoms with van der Waals surface area (Å²) in [4.78, 5) is 32.0. The van der Waals surface area contributed by atoms with E-state index in [2.05, 4.69) is 4.99 Å². The third-order valence-corrected chi connectivity index (χ3v) is 7.94. The van der Waals surface area contributed by atoms with E-state index >= 15 is 0 Å². The van der Waals surface area contributed by atoms with Gasteiger partial charge in [-0.2, -0.15) is 0 Å². The van der Waals surface area contributed by atoms with Crippen LogP contribution >= 0.6 is 22.9 Å². The molecule has 0 N–H and O–H groups in total. The van der Waals surface area contributed by atoms with Crippen molar-refractivity contribution >= 4 is 35.0 Å². The number of esters is 1. The average molecular weight is 573 g/mol. The van der Waals surface area contributed by atoms with Gasteiger partial charge in [-0.1, -0.05) is 65.4 Å². The lowest BCUT2D eigenvalue weighted by Crippen LogP contribution is -2.39. The summed E-state index contributed by atoms with van der Waals surface area (Å²) in [5.74, 6) is 0.347. The van der Waals surface area contributed by atoms with Gasteiger partial charge in [-0.25, -0.2) is 9.79 Å². The summed E-state index contributed by atoms with van der Waals surface area (Å²) in [6.07, 6.45) is 1.87. The Morgan fingerprint density at radius 1 is 1.05 bits per heavy atom. The molecule has 1 aliphatic heterocycles. The van der Waals surface area contributed by atoms with Gasteiger partial charge < -0.3 is 9.47 Å². The minimum atomic E-state index is -0.620. The Kier molecular flexibility index (Phi) is 8.05. The molecule has 1 aliphatic rings. The summed E-state index contributed by atoms with van der Waals surface area (Å²) in [6, 6.07) is 20.5. The molecule has 0 amide bonds. The highest BCUT2D eigenvalue weighted by atomic mass is 35.5. The third-order valence-electron chi connectivity index (χ3n) is 6.71. The zero-order chi connectivity index (χ0) is 28.4. The lowest BCUT2D eigenvalue weighted by molar-refractivity contribution is -0.139. The van der Waals surface area contributed by atoms with Gasteiger partial charge in [0.15, 0.2) is 4.80 Å². The van der Waals surface area contributed by atoms with Crippen molar-refractivity contribution in [3.63, 3.8) is 0 Å². The fourth-order valence-electron chi connectivity index (χ4n) is 4.92. The van der Waals surface area contributed by atoms with E-state index in [4.69, 9.17) is 21.1 Å². The molecule has 8 heteroatoms. The first kappa shape index (κ1) is 27.6. The van der Waals surface area contributed by atoms with Crippen LogP contribution in [0.25, 0.3) is 6.08 Å². The number of fused-ring (bicyclic) bond motifs is 1. The second-order valence-corrected chi connectivity index (χ2v) is 11.1. The number of carbonyl (C=O) groups excluding carboxylic acids is 1. The van der Waals surface area contributed by atoms with Crippen LogP contribution in [0.5, 0.6) is 5.75 Å². The van der Waals surface area contributed by atoms with Crippen LogP contribution < -0.4 is 19.6 Å². The molecule has 3 aromatic carbocycles. The van der Waals surface area contributed by atoms with Gasteiger partial charge in [-0.05, 0) is 85.9 Å². The minimum Gasteiger partial charge on any atom is -0.488 e. The first-order valence-electron chi connectivity index (χ1n) is 13.0. The van der Waals surface area contributed by atoms with Gasteiger partial charge in [0.1, 0.15) is 12.4 Å². The molecule has 40 heavy (non-hydrogen) atoms. The molecule has 0 saturated carbocycles. The number of aryl methyl sites for hydroxylation is 2. The van der Waals surface area contributed by atoms with Crippen LogP contribution in [0.3, 0.4) is 0 Å². The van der Waals surface area contributed by atoms with Crippen molar-refractivity contribution in [3.05, 3.63) is 131 Å². The number of ether oxygens (including phenoxy) is 2. The highest BCUT2D eigenvalue weighted by molar-refractivity contribution is 7.07. The average Bonchev–Trinajstić information content (AvgIpc) is 3.23. The molecular formula is C32H29ClN2O4S. The van der Waals surface area contributed by atoms with E-state index in [1.165, 1.54) is 11.3 Å². The number of hydrogen-bond donors (Lipinski definition) is 0. The molecule has 0 aliphatic carbocycles. The van der Waals surface area contributed by atoms with E-state index in [9.17, 15) is 9.59 Å². The van der Waals surface area contributed by atoms with E-state index in [1.807, 2.05) is 86.7 Å². The highest BCUT2D eigenvalue weighted by Gasteiger charge is 2.33. The molecule has 0 unspecified atom stereocenters. The first-order valence-corrected chi connectivity index (χ1v) is 14.2. The normalized spacial score (nSPS) is 15.0. The number of hydrogen-bond acceptors (Lipinski definition) is 6. The maximum atomic E-state index is 13.8. The summed E-state index contributed by atoms with van der Waals surface area (Å²) >= 11 is 7.30. The Morgan fingerprint density at radius 2 is 1.73 bits per heavy atom. The van der Waals surface area contributed by atoms with Crippen molar-refractivity contribution in [2.75, 3.05) is 6.61 Å². The van der Waals surface area contributed by atoms with Gasteiger partial charge in [0.25, 0.3) is 5.56 Å². The Morgan fingerprint density at radius 3 is 2.38 bits per heavy atom. The largest absolute Gasteiger partial charge is 0.488 e. The van der Waals surface area contributed by atoms with Gasteiger partial charge in [0.2, 0.25) is 0 Å². The summed E-state index contributed by atoms with van der Waals surface area (Å²) in [6.45, 7) is 8.20. The Balaban J connectivity index is 1.54. The summed E-state index contributed by atoms with van der Waals surface area (Å²) in [5.41, 5.74) is 5.39. The van der Waals surface area contributed by atoms with E-state index in [0.717, 1.165) is 33.6 Å². The number of allylic oxidation sites excluding steroid dienone is 1. The lowest BCUT2D eigenvalue weighted by Gasteiger charge is -2.24. The van der Waals surface area contributed by atoms with Crippen molar-refractivity contribution < 1.29 is 14.3 Å². The van der Waals surface area contributed by atoms with Gasteiger partial charge >= 0.3 is 5.97 Å². The molecule has 5 rings (SSSR count). The number of rotatable bonds is 7. The smallest absolute Gasteiger partial charge is 0.338 e. The maximum absolute atomic E-state index is 13.8. The Labute approximate surface area is 241 Å². The molecule has 6 nitrogen and oxygen atoms in total. The second kappa shape index (κ2) is 11.7. The maximum Gasteiger partial charge on any atom is 0.338 e. The third kappa shape index (κ3) is 5.53. The van der Waals surface area contributed by atoms with Crippen molar-refractivity contribution in [1.82, 2.24) is 4.57 Å². The van der Waals surface area contributed by atoms with Gasteiger partial charge in [0, 0.05) is 5.02 Å².